The van der Waals surface area contributed by atoms with E-state index in [1.54, 1.807) is 13.8 Å². The van der Waals surface area contributed by atoms with Gasteiger partial charge in [-0.25, -0.2) is 0 Å². The quantitative estimate of drug-likeness (QED) is 0.792. The van der Waals surface area contributed by atoms with Crippen molar-refractivity contribution in [3.8, 4) is 5.75 Å². The van der Waals surface area contributed by atoms with Gasteiger partial charge in [-0.05, 0) is 79.5 Å². The Bertz CT molecular complexity index is 594. The normalized spacial score (nSPS) is 30.5. The fraction of sp³-hybridized carbons (Fsp3) is 0.700. The van der Waals surface area contributed by atoms with Crippen LogP contribution >= 0.6 is 0 Å². The van der Waals surface area contributed by atoms with Gasteiger partial charge in [-0.1, -0.05) is 27.2 Å². The summed E-state index contributed by atoms with van der Waals surface area (Å²) in [6.45, 7) is 10.7. The van der Waals surface area contributed by atoms with Gasteiger partial charge in [-0.15, -0.1) is 0 Å². The Balaban J connectivity index is 2.13. The highest BCUT2D eigenvalue weighted by atomic mass is 16.3. The lowest BCUT2D eigenvalue weighted by Crippen LogP contribution is -2.47. The van der Waals surface area contributed by atoms with Crippen molar-refractivity contribution in [2.45, 2.75) is 77.7 Å². The lowest BCUT2D eigenvalue weighted by atomic mass is 9.50. The molecule has 0 heterocycles. The van der Waals surface area contributed by atoms with E-state index in [9.17, 15) is 10.2 Å². The van der Waals surface area contributed by atoms with Gasteiger partial charge in [0, 0.05) is 5.56 Å². The maximum atomic E-state index is 10.5. The number of aliphatic hydroxyl groups is 1. The van der Waals surface area contributed by atoms with E-state index in [1.807, 2.05) is 12.1 Å². The monoisotopic (exact) mass is 302 g/mol. The standard InChI is InChI=1S/C20H30O2/c1-18(2)9-6-10-20(5)14-12-16(21)15(19(3,4)22)11-13(14)7-8-17(18)20/h11-12,17,21-22H,6-10H2,1-5H3/t17-,20+/m0/s1. The minimum atomic E-state index is -0.997. The van der Waals surface area contributed by atoms with Gasteiger partial charge < -0.3 is 10.2 Å². The van der Waals surface area contributed by atoms with Gasteiger partial charge in [0.2, 0.25) is 0 Å². The van der Waals surface area contributed by atoms with Crippen molar-refractivity contribution in [1.29, 1.82) is 0 Å². The van der Waals surface area contributed by atoms with Crippen LogP contribution in [0.4, 0.5) is 0 Å². The smallest absolute Gasteiger partial charge is 0.121 e. The first-order valence-corrected chi connectivity index (χ1v) is 8.65. The molecule has 2 aliphatic carbocycles. The van der Waals surface area contributed by atoms with Crippen LogP contribution in [0.5, 0.6) is 5.75 Å². The van der Waals surface area contributed by atoms with Crippen molar-refractivity contribution in [1.82, 2.24) is 0 Å². The van der Waals surface area contributed by atoms with Crippen LogP contribution < -0.4 is 0 Å². The van der Waals surface area contributed by atoms with Crippen LogP contribution in [0.1, 0.15) is 77.0 Å². The molecule has 0 aliphatic heterocycles. The topological polar surface area (TPSA) is 40.5 Å². The molecule has 2 heteroatoms. The van der Waals surface area contributed by atoms with Gasteiger partial charge in [-0.2, -0.15) is 0 Å². The summed E-state index contributed by atoms with van der Waals surface area (Å²) in [5.74, 6) is 0.921. The van der Waals surface area contributed by atoms with Crippen LogP contribution in [-0.4, -0.2) is 10.2 Å². The average molecular weight is 302 g/mol. The van der Waals surface area contributed by atoms with E-state index < -0.39 is 5.60 Å². The molecule has 22 heavy (non-hydrogen) atoms. The average Bonchev–Trinajstić information content (AvgIpc) is 2.36. The van der Waals surface area contributed by atoms with Crippen LogP contribution in [0.3, 0.4) is 0 Å². The molecule has 1 saturated carbocycles. The Labute approximate surface area is 134 Å². The fourth-order valence-electron chi connectivity index (χ4n) is 5.32. The maximum Gasteiger partial charge on any atom is 0.121 e. The molecule has 2 nitrogen and oxygen atoms in total. The molecule has 0 aromatic heterocycles. The molecule has 122 valence electrons. The van der Waals surface area contributed by atoms with Crippen LogP contribution in [0.25, 0.3) is 0 Å². The second-order valence-corrected chi connectivity index (χ2v) is 8.94. The summed E-state index contributed by atoms with van der Waals surface area (Å²) in [4.78, 5) is 0. The van der Waals surface area contributed by atoms with Gasteiger partial charge in [0.15, 0.2) is 0 Å². The largest absolute Gasteiger partial charge is 0.508 e. The Morgan fingerprint density at radius 3 is 2.45 bits per heavy atom. The van der Waals surface area contributed by atoms with E-state index in [0.29, 0.717) is 16.9 Å². The highest BCUT2D eigenvalue weighted by Crippen LogP contribution is 2.57. The molecule has 3 rings (SSSR count). The summed E-state index contributed by atoms with van der Waals surface area (Å²) in [5, 5.41) is 20.8. The molecule has 2 atom stereocenters. The molecule has 2 N–H and O–H groups in total. The van der Waals surface area contributed by atoms with Crippen molar-refractivity contribution in [3.63, 3.8) is 0 Å². The number of aromatic hydroxyl groups is 1. The molecule has 0 amide bonds. The molecule has 0 saturated heterocycles. The first-order valence-electron chi connectivity index (χ1n) is 8.65. The Morgan fingerprint density at radius 2 is 1.82 bits per heavy atom. The van der Waals surface area contributed by atoms with Crippen molar-refractivity contribution >= 4 is 0 Å². The predicted octanol–water partition coefficient (Wildman–Crippen LogP) is 4.65. The zero-order chi connectivity index (χ0) is 16.3. The van der Waals surface area contributed by atoms with Crippen molar-refractivity contribution in [2.24, 2.45) is 11.3 Å². The molecule has 0 unspecified atom stereocenters. The third-order valence-electron chi connectivity index (χ3n) is 6.43. The Hall–Kier alpha value is -1.02. The third kappa shape index (κ3) is 2.27. The minimum Gasteiger partial charge on any atom is -0.508 e. The van der Waals surface area contributed by atoms with Gasteiger partial charge >= 0.3 is 0 Å². The summed E-state index contributed by atoms with van der Waals surface area (Å²) in [6, 6.07) is 4.00. The van der Waals surface area contributed by atoms with Gasteiger partial charge in [0.25, 0.3) is 0 Å². The predicted molar refractivity (Wildman–Crippen MR) is 90.1 cm³/mol. The van der Waals surface area contributed by atoms with E-state index >= 15 is 0 Å². The Morgan fingerprint density at radius 1 is 1.14 bits per heavy atom. The number of phenols is 1. The molecule has 0 radical (unpaired) electrons. The number of hydrogen-bond acceptors (Lipinski definition) is 2. The summed E-state index contributed by atoms with van der Waals surface area (Å²) in [5.41, 5.74) is 2.83. The third-order valence-corrected chi connectivity index (χ3v) is 6.43. The van der Waals surface area contributed by atoms with Crippen LogP contribution in [0, 0.1) is 11.3 Å². The fourth-order valence-corrected chi connectivity index (χ4v) is 5.32. The molecule has 1 aromatic rings. The zero-order valence-electron chi connectivity index (χ0n) is 14.7. The maximum absolute atomic E-state index is 10.5. The lowest BCUT2D eigenvalue weighted by Gasteiger charge is -2.54. The summed E-state index contributed by atoms with van der Waals surface area (Å²) in [7, 11) is 0. The van der Waals surface area contributed by atoms with Gasteiger partial charge in [-0.3, -0.25) is 0 Å². The van der Waals surface area contributed by atoms with Crippen molar-refractivity contribution < 1.29 is 10.2 Å². The van der Waals surface area contributed by atoms with E-state index in [4.69, 9.17) is 0 Å². The zero-order valence-corrected chi connectivity index (χ0v) is 14.7. The molecule has 1 aromatic carbocycles. The number of benzene rings is 1. The molecular formula is C20H30O2. The second-order valence-electron chi connectivity index (χ2n) is 8.94. The summed E-state index contributed by atoms with van der Waals surface area (Å²) < 4.78 is 0. The number of hydrogen-bond donors (Lipinski definition) is 2. The van der Waals surface area contributed by atoms with E-state index in [-0.39, 0.29) is 11.2 Å². The number of phenolic OH excluding ortho intramolecular Hbond substituents is 1. The summed E-state index contributed by atoms with van der Waals surface area (Å²) >= 11 is 0. The molecule has 0 spiro atoms. The van der Waals surface area contributed by atoms with E-state index in [0.717, 1.165) is 6.42 Å². The van der Waals surface area contributed by atoms with Crippen molar-refractivity contribution in [3.05, 3.63) is 28.8 Å². The SMILES string of the molecule is CC(C)(O)c1cc2c(cc1O)[C@@]1(C)CCCC(C)(C)[C@@H]1CC2. The number of rotatable bonds is 1. The molecular weight excluding hydrogens is 272 g/mol. The van der Waals surface area contributed by atoms with Crippen molar-refractivity contribution in [2.75, 3.05) is 0 Å². The second kappa shape index (κ2) is 4.74. The number of fused-ring (bicyclic) bond motifs is 3. The van der Waals surface area contributed by atoms with Gasteiger partial charge in [0.05, 0.1) is 5.60 Å². The molecule has 1 fully saturated rings. The minimum absolute atomic E-state index is 0.158. The van der Waals surface area contributed by atoms with Crippen LogP contribution in [-0.2, 0) is 17.4 Å². The van der Waals surface area contributed by atoms with E-state index in [2.05, 4.69) is 20.8 Å². The highest BCUT2D eigenvalue weighted by Gasteiger charge is 2.50. The van der Waals surface area contributed by atoms with Crippen LogP contribution in [0.15, 0.2) is 12.1 Å². The van der Waals surface area contributed by atoms with Crippen LogP contribution in [0.2, 0.25) is 0 Å². The first kappa shape index (κ1) is 15.9. The number of aryl methyl sites for hydroxylation is 1. The van der Waals surface area contributed by atoms with Gasteiger partial charge in [0.1, 0.15) is 5.75 Å². The lowest BCUT2D eigenvalue weighted by molar-refractivity contribution is 0.0399. The highest BCUT2D eigenvalue weighted by molar-refractivity contribution is 5.49. The first-order chi connectivity index (χ1) is 10.1. The molecule has 0 bridgehead atoms. The summed E-state index contributed by atoms with van der Waals surface area (Å²) in [6.07, 6.45) is 6.04. The molecule has 2 aliphatic rings. The Kier molecular flexibility index (Phi) is 3.41. The van der Waals surface area contributed by atoms with E-state index in [1.165, 1.54) is 36.8 Å².